The fourth-order valence-corrected chi connectivity index (χ4v) is 1.89. The van der Waals surface area contributed by atoms with Crippen molar-refractivity contribution in [3.05, 3.63) is 34.9 Å². The molecule has 2 nitrogen and oxygen atoms in total. The lowest BCUT2D eigenvalue weighted by atomic mass is 9.90. The molecule has 0 amide bonds. The van der Waals surface area contributed by atoms with Gasteiger partial charge in [0.1, 0.15) is 0 Å². The highest BCUT2D eigenvalue weighted by molar-refractivity contribution is 5.30. The second kappa shape index (κ2) is 5.65. The van der Waals surface area contributed by atoms with Gasteiger partial charge in [0.05, 0.1) is 11.7 Å². The van der Waals surface area contributed by atoms with Crippen molar-refractivity contribution >= 4 is 0 Å². The van der Waals surface area contributed by atoms with Crippen LogP contribution in [0.4, 0.5) is 0 Å². The topological polar surface area (TPSA) is 29.5 Å². The molecule has 2 heteroatoms. The molecule has 0 aromatic heterocycles. The maximum absolute atomic E-state index is 10.3. The molecule has 0 saturated carbocycles. The third kappa shape index (κ3) is 3.30. The predicted molar refractivity (Wildman–Crippen MR) is 71.3 cm³/mol. The molecule has 0 aliphatic rings. The Balaban J connectivity index is 2.80. The number of rotatable bonds is 5. The second-order valence-electron chi connectivity index (χ2n) is 5.01. The number of ether oxygens (including phenoxy) is 1. The molecule has 1 N–H and O–H groups in total. The molecule has 2 atom stereocenters. The van der Waals surface area contributed by atoms with E-state index in [0.717, 1.165) is 12.0 Å². The first kappa shape index (κ1) is 14.2. The van der Waals surface area contributed by atoms with Crippen LogP contribution in [0, 0.1) is 13.8 Å². The van der Waals surface area contributed by atoms with Crippen LogP contribution in [0.1, 0.15) is 37.0 Å². The fraction of sp³-hybridized carbons (Fsp3) is 0.600. The normalized spacial score (nSPS) is 16.6. The van der Waals surface area contributed by atoms with E-state index in [1.54, 1.807) is 7.11 Å². The molecule has 0 radical (unpaired) electrons. The summed E-state index contributed by atoms with van der Waals surface area (Å²) in [5, 5.41) is 10.3. The van der Waals surface area contributed by atoms with E-state index in [1.165, 1.54) is 11.1 Å². The van der Waals surface area contributed by atoms with Gasteiger partial charge in [-0.05, 0) is 43.9 Å². The fourth-order valence-electron chi connectivity index (χ4n) is 1.89. The molecule has 1 aromatic rings. The van der Waals surface area contributed by atoms with Gasteiger partial charge >= 0.3 is 0 Å². The van der Waals surface area contributed by atoms with E-state index in [1.807, 2.05) is 13.8 Å². The first-order valence-corrected chi connectivity index (χ1v) is 6.22. The minimum atomic E-state index is -0.473. The summed E-state index contributed by atoms with van der Waals surface area (Å²) in [6.07, 6.45) is 0.967. The zero-order valence-electron chi connectivity index (χ0n) is 11.6. The first-order chi connectivity index (χ1) is 7.92. The Morgan fingerprint density at radius 1 is 1.29 bits per heavy atom. The molecule has 1 rings (SSSR count). The van der Waals surface area contributed by atoms with E-state index in [4.69, 9.17) is 4.74 Å². The summed E-state index contributed by atoms with van der Waals surface area (Å²) in [6, 6.07) is 6.33. The molecule has 0 bridgehead atoms. The number of methoxy groups -OCH3 is 1. The minimum absolute atomic E-state index is 0.460. The highest BCUT2D eigenvalue weighted by Crippen LogP contribution is 2.23. The molecule has 0 aliphatic carbocycles. The van der Waals surface area contributed by atoms with Gasteiger partial charge in [0.2, 0.25) is 0 Å². The van der Waals surface area contributed by atoms with Crippen molar-refractivity contribution in [1.82, 2.24) is 0 Å². The standard InChI is InChI=1S/C15H24O2/c1-6-15(4,17-5)14(16)10-13-8-7-11(2)12(3)9-13/h7-9,14,16H,6,10H2,1-5H3. The van der Waals surface area contributed by atoms with Crippen molar-refractivity contribution < 1.29 is 9.84 Å². The smallest absolute Gasteiger partial charge is 0.0909 e. The molecule has 0 saturated heterocycles. The third-order valence-electron chi connectivity index (χ3n) is 3.87. The molecule has 1 aromatic carbocycles. The Morgan fingerprint density at radius 3 is 2.41 bits per heavy atom. The summed E-state index contributed by atoms with van der Waals surface area (Å²) in [7, 11) is 1.66. The first-order valence-electron chi connectivity index (χ1n) is 6.22. The van der Waals surface area contributed by atoms with Gasteiger partial charge in [0.15, 0.2) is 0 Å². The summed E-state index contributed by atoms with van der Waals surface area (Å²) < 4.78 is 5.42. The minimum Gasteiger partial charge on any atom is -0.390 e. The summed E-state index contributed by atoms with van der Waals surface area (Å²) in [4.78, 5) is 0. The van der Waals surface area contributed by atoms with Gasteiger partial charge in [-0.1, -0.05) is 25.1 Å². The molecule has 0 aliphatic heterocycles. The molecule has 17 heavy (non-hydrogen) atoms. The number of aliphatic hydroxyl groups excluding tert-OH is 1. The van der Waals surface area contributed by atoms with Crippen LogP contribution < -0.4 is 0 Å². The van der Waals surface area contributed by atoms with Crippen molar-refractivity contribution in [2.24, 2.45) is 0 Å². The molecule has 0 spiro atoms. The summed E-state index contributed by atoms with van der Waals surface area (Å²) >= 11 is 0. The van der Waals surface area contributed by atoms with Gasteiger partial charge in [-0.25, -0.2) is 0 Å². The average Bonchev–Trinajstić information content (AvgIpc) is 2.32. The maximum Gasteiger partial charge on any atom is 0.0909 e. The SMILES string of the molecule is CCC(C)(OC)C(O)Cc1ccc(C)c(C)c1. The third-order valence-corrected chi connectivity index (χ3v) is 3.87. The molecular formula is C15H24O2. The summed E-state index contributed by atoms with van der Waals surface area (Å²) in [5.74, 6) is 0. The van der Waals surface area contributed by atoms with Crippen LogP contribution in [0.3, 0.4) is 0 Å². The van der Waals surface area contributed by atoms with E-state index < -0.39 is 11.7 Å². The highest BCUT2D eigenvalue weighted by Gasteiger charge is 2.30. The lowest BCUT2D eigenvalue weighted by molar-refractivity contribution is -0.0914. The van der Waals surface area contributed by atoms with E-state index in [2.05, 4.69) is 32.0 Å². The van der Waals surface area contributed by atoms with Crippen LogP contribution in [0.25, 0.3) is 0 Å². The summed E-state index contributed by atoms with van der Waals surface area (Å²) in [6.45, 7) is 8.19. The highest BCUT2D eigenvalue weighted by atomic mass is 16.5. The Morgan fingerprint density at radius 2 is 1.94 bits per heavy atom. The van der Waals surface area contributed by atoms with Crippen molar-refractivity contribution in [3.63, 3.8) is 0 Å². The number of hydrogen-bond donors (Lipinski definition) is 1. The van der Waals surface area contributed by atoms with Crippen LogP contribution in [0.15, 0.2) is 18.2 Å². The quantitative estimate of drug-likeness (QED) is 0.851. The Kier molecular flexibility index (Phi) is 4.72. The van der Waals surface area contributed by atoms with Crippen LogP contribution >= 0.6 is 0 Å². The van der Waals surface area contributed by atoms with Crippen molar-refractivity contribution in [1.29, 1.82) is 0 Å². The second-order valence-corrected chi connectivity index (χ2v) is 5.01. The molecule has 0 fully saturated rings. The zero-order chi connectivity index (χ0) is 13.1. The molecule has 2 unspecified atom stereocenters. The molecular weight excluding hydrogens is 212 g/mol. The number of aliphatic hydroxyl groups is 1. The monoisotopic (exact) mass is 236 g/mol. The largest absolute Gasteiger partial charge is 0.390 e. The number of benzene rings is 1. The predicted octanol–water partition coefficient (Wildman–Crippen LogP) is 3.02. The average molecular weight is 236 g/mol. The van der Waals surface area contributed by atoms with E-state index in [-0.39, 0.29) is 0 Å². The van der Waals surface area contributed by atoms with Gasteiger partial charge in [0.25, 0.3) is 0 Å². The van der Waals surface area contributed by atoms with Crippen molar-refractivity contribution in [2.45, 2.75) is 52.2 Å². The summed E-state index contributed by atoms with van der Waals surface area (Å²) in [5.41, 5.74) is 3.26. The number of hydrogen-bond acceptors (Lipinski definition) is 2. The van der Waals surface area contributed by atoms with Gasteiger partial charge in [-0.15, -0.1) is 0 Å². The molecule has 0 heterocycles. The van der Waals surface area contributed by atoms with Crippen LogP contribution in [0.2, 0.25) is 0 Å². The van der Waals surface area contributed by atoms with E-state index >= 15 is 0 Å². The van der Waals surface area contributed by atoms with Gasteiger partial charge in [-0.3, -0.25) is 0 Å². The van der Waals surface area contributed by atoms with Crippen LogP contribution in [-0.4, -0.2) is 23.9 Å². The van der Waals surface area contributed by atoms with E-state index in [0.29, 0.717) is 6.42 Å². The Bertz CT molecular complexity index is 367. The Labute approximate surface area is 105 Å². The zero-order valence-corrected chi connectivity index (χ0v) is 11.6. The Hall–Kier alpha value is -0.860. The number of aryl methyl sites for hydroxylation is 2. The van der Waals surface area contributed by atoms with Crippen molar-refractivity contribution in [2.75, 3.05) is 7.11 Å². The lowest BCUT2D eigenvalue weighted by Gasteiger charge is -2.32. The maximum atomic E-state index is 10.3. The van der Waals surface area contributed by atoms with Crippen molar-refractivity contribution in [3.8, 4) is 0 Å². The van der Waals surface area contributed by atoms with E-state index in [9.17, 15) is 5.11 Å². The lowest BCUT2D eigenvalue weighted by Crippen LogP contribution is -2.42. The van der Waals surface area contributed by atoms with Gasteiger partial charge in [0, 0.05) is 13.5 Å². The van der Waals surface area contributed by atoms with Crippen LogP contribution in [-0.2, 0) is 11.2 Å². The van der Waals surface area contributed by atoms with Gasteiger partial charge in [-0.2, -0.15) is 0 Å². The molecule has 96 valence electrons. The van der Waals surface area contributed by atoms with Crippen LogP contribution in [0.5, 0.6) is 0 Å². The van der Waals surface area contributed by atoms with Gasteiger partial charge < -0.3 is 9.84 Å².